The van der Waals surface area contributed by atoms with Gasteiger partial charge in [0.25, 0.3) is 5.91 Å². The molecule has 1 saturated heterocycles. The highest BCUT2D eigenvalue weighted by Gasteiger charge is 2.35. The molecule has 0 aromatic heterocycles. The summed E-state index contributed by atoms with van der Waals surface area (Å²) in [7, 11) is 0. The SMILES string of the molecule is O=C1/C(=C\c2cc(Cl)cc(Cl)c2OCc2ccc(Cl)cc2)SC(=Nc2ccccc2)N1c1ccccc1. The number of amides is 1. The first kappa shape index (κ1) is 25.4. The molecule has 1 heterocycles. The highest BCUT2D eigenvalue weighted by molar-refractivity contribution is 8.19. The van der Waals surface area contributed by atoms with E-state index in [0.29, 0.717) is 36.5 Å². The predicted octanol–water partition coefficient (Wildman–Crippen LogP) is 9.03. The first-order chi connectivity index (χ1) is 18.0. The molecule has 4 nitrogen and oxygen atoms in total. The van der Waals surface area contributed by atoms with E-state index >= 15 is 0 Å². The average Bonchev–Trinajstić information content (AvgIpc) is 3.19. The fourth-order valence-electron chi connectivity index (χ4n) is 3.68. The maximum Gasteiger partial charge on any atom is 0.271 e. The maximum absolute atomic E-state index is 13.6. The smallest absolute Gasteiger partial charge is 0.271 e. The number of halogens is 3. The van der Waals surface area contributed by atoms with Crippen molar-refractivity contribution in [1.29, 1.82) is 0 Å². The van der Waals surface area contributed by atoms with Gasteiger partial charge in [-0.25, -0.2) is 4.99 Å². The van der Waals surface area contributed by atoms with Crippen molar-refractivity contribution in [3.63, 3.8) is 0 Å². The molecule has 0 N–H and O–H groups in total. The molecule has 37 heavy (non-hydrogen) atoms. The summed E-state index contributed by atoms with van der Waals surface area (Å²) in [5, 5.41) is 1.97. The van der Waals surface area contributed by atoms with E-state index in [1.54, 1.807) is 35.2 Å². The predicted molar refractivity (Wildman–Crippen MR) is 155 cm³/mol. The first-order valence-electron chi connectivity index (χ1n) is 11.3. The quantitative estimate of drug-likeness (QED) is 0.219. The van der Waals surface area contributed by atoms with Gasteiger partial charge in [-0.3, -0.25) is 9.69 Å². The Morgan fingerprint density at radius 2 is 1.51 bits per heavy atom. The summed E-state index contributed by atoms with van der Waals surface area (Å²) in [5.41, 5.74) is 2.99. The second kappa shape index (κ2) is 11.4. The molecule has 184 valence electrons. The topological polar surface area (TPSA) is 41.9 Å². The summed E-state index contributed by atoms with van der Waals surface area (Å²) in [4.78, 5) is 20.5. The number of rotatable bonds is 6. The van der Waals surface area contributed by atoms with Gasteiger partial charge in [0.1, 0.15) is 12.4 Å². The number of nitrogens with zero attached hydrogens (tertiary/aromatic N) is 2. The Morgan fingerprint density at radius 1 is 0.838 bits per heavy atom. The van der Waals surface area contributed by atoms with E-state index < -0.39 is 0 Å². The number of anilines is 1. The number of carbonyl (C=O) groups excluding carboxylic acids is 1. The lowest BCUT2D eigenvalue weighted by atomic mass is 10.1. The van der Waals surface area contributed by atoms with Gasteiger partial charge >= 0.3 is 0 Å². The molecule has 8 heteroatoms. The summed E-state index contributed by atoms with van der Waals surface area (Å²) in [6.45, 7) is 0.270. The largest absolute Gasteiger partial charge is 0.487 e. The van der Waals surface area contributed by atoms with Gasteiger partial charge in [0, 0.05) is 15.6 Å². The number of para-hydroxylation sites is 2. The summed E-state index contributed by atoms with van der Waals surface area (Å²) in [6, 6.07) is 29.6. The number of hydrogen-bond donors (Lipinski definition) is 0. The minimum atomic E-state index is -0.203. The van der Waals surface area contributed by atoms with Gasteiger partial charge in [-0.05, 0) is 71.9 Å². The highest BCUT2D eigenvalue weighted by atomic mass is 35.5. The van der Waals surface area contributed by atoms with Crippen LogP contribution in [0.3, 0.4) is 0 Å². The van der Waals surface area contributed by atoms with Crippen molar-refractivity contribution < 1.29 is 9.53 Å². The average molecular weight is 566 g/mol. The minimum absolute atomic E-state index is 0.203. The zero-order valence-electron chi connectivity index (χ0n) is 19.3. The van der Waals surface area contributed by atoms with Crippen LogP contribution in [0.4, 0.5) is 11.4 Å². The molecular weight excluding hydrogens is 547 g/mol. The lowest BCUT2D eigenvalue weighted by Crippen LogP contribution is -2.28. The van der Waals surface area contributed by atoms with Crippen molar-refractivity contribution in [2.24, 2.45) is 4.99 Å². The molecule has 5 rings (SSSR count). The van der Waals surface area contributed by atoms with E-state index in [9.17, 15) is 4.79 Å². The Kier molecular flexibility index (Phi) is 7.87. The molecular formula is C29H19Cl3N2O2S. The number of ether oxygens (including phenoxy) is 1. The Bertz CT molecular complexity index is 1490. The lowest BCUT2D eigenvalue weighted by Gasteiger charge is -2.15. The van der Waals surface area contributed by atoms with Crippen LogP contribution in [-0.4, -0.2) is 11.1 Å². The van der Waals surface area contributed by atoms with Crippen LogP contribution in [0.5, 0.6) is 5.75 Å². The molecule has 1 aliphatic rings. The van der Waals surface area contributed by atoms with Crippen molar-refractivity contribution in [2.75, 3.05) is 4.90 Å². The van der Waals surface area contributed by atoms with Gasteiger partial charge in [-0.2, -0.15) is 0 Å². The summed E-state index contributed by atoms with van der Waals surface area (Å²) < 4.78 is 6.09. The van der Waals surface area contributed by atoms with Crippen LogP contribution in [0.1, 0.15) is 11.1 Å². The van der Waals surface area contributed by atoms with E-state index in [1.807, 2.05) is 72.8 Å². The van der Waals surface area contributed by atoms with Gasteiger partial charge in [-0.1, -0.05) is 83.3 Å². The van der Waals surface area contributed by atoms with Crippen molar-refractivity contribution >= 4 is 75.1 Å². The first-order valence-corrected chi connectivity index (χ1v) is 13.2. The van der Waals surface area contributed by atoms with Crippen LogP contribution >= 0.6 is 46.6 Å². The van der Waals surface area contributed by atoms with Crippen LogP contribution in [0.15, 0.2) is 107 Å². The fourth-order valence-corrected chi connectivity index (χ4v) is 5.37. The molecule has 0 aliphatic carbocycles. The monoisotopic (exact) mass is 564 g/mol. The molecule has 0 bridgehead atoms. The Labute approximate surface area is 234 Å². The van der Waals surface area contributed by atoms with Gasteiger partial charge in [0.2, 0.25) is 0 Å². The normalized spacial score (nSPS) is 15.5. The number of thioether (sulfide) groups is 1. The number of amidine groups is 1. The second-order valence-electron chi connectivity index (χ2n) is 8.04. The standard InChI is InChI=1S/C29H19Cl3N2O2S/c30-21-13-11-19(12-14-21)18-36-27-20(15-22(31)17-25(27)32)16-26-28(35)34(24-9-5-2-6-10-24)29(37-26)33-23-7-3-1-4-8-23/h1-17H,18H2/b26-16+,33-29?. The molecule has 0 saturated carbocycles. The molecule has 1 amide bonds. The molecule has 0 radical (unpaired) electrons. The van der Waals surface area contributed by atoms with Gasteiger partial charge in [-0.15, -0.1) is 0 Å². The van der Waals surface area contributed by atoms with E-state index in [4.69, 9.17) is 44.5 Å². The third-order valence-corrected chi connectivity index (χ3v) is 7.14. The molecule has 1 fully saturated rings. The van der Waals surface area contributed by atoms with Crippen molar-refractivity contribution in [3.8, 4) is 5.75 Å². The summed E-state index contributed by atoms with van der Waals surface area (Å²) >= 11 is 20.1. The Morgan fingerprint density at radius 3 is 2.22 bits per heavy atom. The number of carbonyl (C=O) groups is 1. The van der Waals surface area contributed by atoms with Crippen LogP contribution in [0.2, 0.25) is 15.1 Å². The number of aliphatic imine (C=N–C) groups is 1. The number of hydrogen-bond acceptors (Lipinski definition) is 4. The zero-order valence-corrected chi connectivity index (χ0v) is 22.4. The van der Waals surface area contributed by atoms with Crippen LogP contribution in [0.25, 0.3) is 6.08 Å². The molecule has 0 atom stereocenters. The van der Waals surface area contributed by atoms with Gasteiger partial charge < -0.3 is 4.74 Å². The van der Waals surface area contributed by atoms with Gasteiger partial charge in [0.15, 0.2) is 5.17 Å². The minimum Gasteiger partial charge on any atom is -0.487 e. The lowest BCUT2D eigenvalue weighted by molar-refractivity contribution is -0.113. The molecule has 4 aromatic rings. The molecule has 0 unspecified atom stereocenters. The fraction of sp³-hybridized carbons (Fsp3) is 0.0345. The molecule has 4 aromatic carbocycles. The van der Waals surface area contributed by atoms with Crippen LogP contribution in [0, 0.1) is 0 Å². The van der Waals surface area contributed by atoms with E-state index in [0.717, 1.165) is 16.9 Å². The van der Waals surface area contributed by atoms with Gasteiger partial charge in [0.05, 0.1) is 21.3 Å². The summed E-state index contributed by atoms with van der Waals surface area (Å²) in [6.07, 6.45) is 1.74. The maximum atomic E-state index is 13.6. The third kappa shape index (κ3) is 6.03. The highest BCUT2D eigenvalue weighted by Crippen LogP contribution is 2.40. The van der Waals surface area contributed by atoms with E-state index in [2.05, 4.69) is 0 Å². The van der Waals surface area contributed by atoms with Crippen LogP contribution < -0.4 is 9.64 Å². The molecule has 1 aliphatic heterocycles. The van der Waals surface area contributed by atoms with E-state index in [1.165, 1.54) is 11.8 Å². The summed E-state index contributed by atoms with van der Waals surface area (Å²) in [5.74, 6) is 0.229. The Balaban J connectivity index is 1.52. The van der Waals surface area contributed by atoms with Crippen molar-refractivity contribution in [3.05, 3.63) is 128 Å². The van der Waals surface area contributed by atoms with Crippen molar-refractivity contribution in [1.82, 2.24) is 0 Å². The molecule has 0 spiro atoms. The van der Waals surface area contributed by atoms with E-state index in [-0.39, 0.29) is 12.5 Å². The van der Waals surface area contributed by atoms with Crippen LogP contribution in [-0.2, 0) is 11.4 Å². The third-order valence-electron chi connectivity index (χ3n) is 5.42. The second-order valence-corrected chi connectivity index (χ2v) is 10.3. The Hall–Kier alpha value is -3.22. The zero-order chi connectivity index (χ0) is 25.8. The van der Waals surface area contributed by atoms with Crippen molar-refractivity contribution in [2.45, 2.75) is 6.61 Å². The number of benzene rings is 4.